The number of sulfone groups is 1. The minimum absolute atomic E-state index is 0.0134. The number of rotatable bonds is 9. The van der Waals surface area contributed by atoms with Crippen LogP contribution in [0.5, 0.6) is 5.88 Å². The summed E-state index contributed by atoms with van der Waals surface area (Å²) in [4.78, 5) is 8.18. The number of para-hydroxylation sites is 1. The van der Waals surface area contributed by atoms with Crippen molar-refractivity contribution in [3.8, 4) is 34.5 Å². The van der Waals surface area contributed by atoms with Gasteiger partial charge in [0.05, 0.1) is 22.7 Å². The average Bonchev–Trinajstić information content (AvgIpc) is 3.61. The number of hydrogen-bond donors (Lipinski definition) is 1. The third kappa shape index (κ3) is 6.00. The number of halogens is 1. The summed E-state index contributed by atoms with van der Waals surface area (Å²) in [6.45, 7) is 1.49. The molecule has 0 amide bonds. The molecule has 0 atom stereocenters. The smallest absolute Gasteiger partial charge is 0.297 e. The van der Waals surface area contributed by atoms with Gasteiger partial charge in [-0.2, -0.15) is 8.42 Å². The maximum atomic E-state index is 13.6. The summed E-state index contributed by atoms with van der Waals surface area (Å²) in [6.07, 6.45) is 5.06. The van der Waals surface area contributed by atoms with Gasteiger partial charge in [-0.3, -0.25) is 14.3 Å². The van der Waals surface area contributed by atoms with Crippen LogP contribution in [0, 0.1) is 0 Å². The Kier molecular flexibility index (Phi) is 7.77. The van der Waals surface area contributed by atoms with Crippen LogP contribution in [-0.4, -0.2) is 65.1 Å². The van der Waals surface area contributed by atoms with Crippen LogP contribution in [0.3, 0.4) is 0 Å². The summed E-state index contributed by atoms with van der Waals surface area (Å²) in [5.74, 6) is 0.578. The number of methoxy groups -OCH3 is 1. The lowest BCUT2D eigenvalue weighted by molar-refractivity contribution is 0.398. The fraction of sp³-hybridized carbons (Fsp3) is 0.120. The van der Waals surface area contributed by atoms with Gasteiger partial charge in [-0.1, -0.05) is 23.7 Å². The topological polar surface area (TPSA) is 185 Å². The van der Waals surface area contributed by atoms with Crippen molar-refractivity contribution >= 4 is 37.5 Å². The molecule has 1 N–H and O–H groups in total. The molecule has 0 saturated carbocycles. The lowest BCUT2D eigenvalue weighted by Crippen LogP contribution is -2.25. The van der Waals surface area contributed by atoms with Crippen LogP contribution in [0.15, 0.2) is 81.1 Å². The van der Waals surface area contributed by atoms with E-state index in [9.17, 15) is 16.8 Å². The molecule has 14 nitrogen and oxygen atoms in total. The number of pyridine rings is 2. The highest BCUT2D eigenvalue weighted by atomic mass is 35.5. The number of ether oxygens (including phenoxy) is 1. The molecule has 17 heteroatoms. The van der Waals surface area contributed by atoms with E-state index >= 15 is 0 Å². The third-order valence-corrected chi connectivity index (χ3v) is 8.38. The van der Waals surface area contributed by atoms with Crippen molar-refractivity contribution in [2.24, 2.45) is 0 Å². The largest absolute Gasteiger partial charge is 0.481 e. The SMILES string of the molecule is COc1cc(-c2nnc(C=C(C)NS(=O)(=O)c3nnc(-c4ccc(S(C)(=O)=O)cn4)n3-c3ccccc3Cl)o2)ccn1. The molecular formula is C25H21ClN8O6S2. The summed E-state index contributed by atoms with van der Waals surface area (Å²) < 4.78 is 65.3. The van der Waals surface area contributed by atoms with Crippen molar-refractivity contribution in [3.63, 3.8) is 0 Å². The molecule has 5 aromatic rings. The lowest BCUT2D eigenvalue weighted by Gasteiger charge is -2.13. The molecular weight excluding hydrogens is 608 g/mol. The number of hydrogen-bond acceptors (Lipinski definition) is 12. The van der Waals surface area contributed by atoms with Crippen LogP contribution >= 0.6 is 11.6 Å². The average molecular weight is 629 g/mol. The van der Waals surface area contributed by atoms with Crippen molar-refractivity contribution in [1.82, 2.24) is 39.7 Å². The Hall–Kier alpha value is -4.67. The molecule has 216 valence electrons. The van der Waals surface area contributed by atoms with E-state index in [0.717, 1.165) is 12.5 Å². The van der Waals surface area contributed by atoms with Gasteiger partial charge in [-0.25, -0.2) is 13.4 Å². The molecule has 0 aliphatic rings. The number of nitrogens with zero attached hydrogens (tertiary/aromatic N) is 7. The first-order valence-electron chi connectivity index (χ1n) is 11.9. The van der Waals surface area contributed by atoms with E-state index in [2.05, 4.69) is 35.1 Å². The Balaban J connectivity index is 1.50. The predicted molar refractivity (Wildman–Crippen MR) is 151 cm³/mol. The molecule has 0 radical (unpaired) electrons. The quantitative estimate of drug-likeness (QED) is 0.252. The van der Waals surface area contributed by atoms with Crippen molar-refractivity contribution < 1.29 is 26.0 Å². The Morgan fingerprint density at radius 3 is 2.50 bits per heavy atom. The van der Waals surface area contributed by atoms with Crippen molar-refractivity contribution in [2.75, 3.05) is 13.4 Å². The molecule has 0 saturated heterocycles. The predicted octanol–water partition coefficient (Wildman–Crippen LogP) is 3.18. The van der Waals surface area contributed by atoms with Gasteiger partial charge in [0.1, 0.15) is 5.69 Å². The van der Waals surface area contributed by atoms with Crippen LogP contribution < -0.4 is 9.46 Å². The number of benzene rings is 1. The monoisotopic (exact) mass is 628 g/mol. The van der Waals surface area contributed by atoms with Gasteiger partial charge in [0, 0.05) is 42.1 Å². The fourth-order valence-corrected chi connectivity index (χ4v) is 5.66. The van der Waals surface area contributed by atoms with Crippen LogP contribution in [-0.2, 0) is 19.9 Å². The number of sulfonamides is 1. The van der Waals surface area contributed by atoms with E-state index in [1.54, 1.807) is 36.4 Å². The summed E-state index contributed by atoms with van der Waals surface area (Å²) >= 11 is 6.43. The standard InChI is InChI=1S/C25H21ClN8O6S2/c1-15(12-22-29-31-24(40-22)16-10-11-27-21(13-16)39-2)33-42(37,38)25-32-30-23(34(25)20-7-5-4-6-18(20)26)19-9-8-17(14-28-19)41(3,35)36/h4-14,33H,1-3H3. The van der Waals surface area contributed by atoms with E-state index in [-0.39, 0.29) is 44.6 Å². The molecule has 0 unspecified atom stereocenters. The zero-order valence-corrected chi connectivity index (χ0v) is 24.5. The number of aromatic nitrogens is 7. The molecule has 0 fully saturated rings. The van der Waals surface area contributed by atoms with Crippen molar-refractivity contribution in [3.05, 3.63) is 77.5 Å². The summed E-state index contributed by atoms with van der Waals surface area (Å²) in [6, 6.07) is 12.5. The fourth-order valence-electron chi connectivity index (χ4n) is 3.73. The van der Waals surface area contributed by atoms with E-state index in [4.69, 9.17) is 20.8 Å². The van der Waals surface area contributed by atoms with Gasteiger partial charge >= 0.3 is 0 Å². The number of allylic oxidation sites excluding steroid dienone is 1. The second-order valence-electron chi connectivity index (χ2n) is 8.71. The van der Waals surface area contributed by atoms with Gasteiger partial charge in [0.2, 0.25) is 17.7 Å². The van der Waals surface area contributed by atoms with E-state index in [0.29, 0.717) is 11.4 Å². The van der Waals surface area contributed by atoms with Crippen LogP contribution in [0.25, 0.3) is 34.7 Å². The molecule has 1 aromatic carbocycles. The lowest BCUT2D eigenvalue weighted by atomic mass is 10.3. The van der Waals surface area contributed by atoms with E-state index < -0.39 is 25.0 Å². The molecule has 4 heterocycles. The minimum atomic E-state index is -4.37. The molecule has 5 rings (SSSR count). The van der Waals surface area contributed by atoms with Gasteiger partial charge in [-0.15, -0.1) is 20.4 Å². The second-order valence-corrected chi connectivity index (χ2v) is 12.7. The minimum Gasteiger partial charge on any atom is -0.481 e. The number of nitrogens with one attached hydrogen (secondary N) is 1. The van der Waals surface area contributed by atoms with Crippen molar-refractivity contribution in [2.45, 2.75) is 17.0 Å². The van der Waals surface area contributed by atoms with Crippen LogP contribution in [0.1, 0.15) is 12.8 Å². The van der Waals surface area contributed by atoms with Gasteiger partial charge in [0.25, 0.3) is 15.2 Å². The zero-order chi connectivity index (χ0) is 30.1. The highest BCUT2D eigenvalue weighted by molar-refractivity contribution is 7.90. The Bertz CT molecular complexity index is 2020. The first kappa shape index (κ1) is 28.8. The first-order chi connectivity index (χ1) is 20.0. The zero-order valence-electron chi connectivity index (χ0n) is 22.1. The third-order valence-electron chi connectivity index (χ3n) is 5.63. The van der Waals surface area contributed by atoms with E-state index in [1.807, 2.05) is 0 Å². The Morgan fingerprint density at radius 1 is 1.02 bits per heavy atom. The molecule has 0 aliphatic heterocycles. The molecule has 42 heavy (non-hydrogen) atoms. The molecule has 4 aromatic heterocycles. The highest BCUT2D eigenvalue weighted by Crippen LogP contribution is 2.29. The van der Waals surface area contributed by atoms with Crippen molar-refractivity contribution in [1.29, 1.82) is 0 Å². The van der Waals surface area contributed by atoms with Gasteiger partial charge < -0.3 is 9.15 Å². The molecule has 0 spiro atoms. The van der Waals surface area contributed by atoms with E-state index in [1.165, 1.54) is 43.0 Å². The van der Waals surface area contributed by atoms with Crippen LogP contribution in [0.2, 0.25) is 5.02 Å². The molecule has 0 aliphatic carbocycles. The van der Waals surface area contributed by atoms with Gasteiger partial charge in [-0.05, 0) is 37.3 Å². The Morgan fingerprint density at radius 2 is 1.81 bits per heavy atom. The maximum Gasteiger partial charge on any atom is 0.297 e. The maximum absolute atomic E-state index is 13.6. The Labute approximate surface area is 245 Å². The van der Waals surface area contributed by atoms with Gasteiger partial charge in [0.15, 0.2) is 15.7 Å². The molecule has 0 bridgehead atoms. The summed E-state index contributed by atoms with van der Waals surface area (Å²) in [5.41, 5.74) is 1.10. The summed E-state index contributed by atoms with van der Waals surface area (Å²) in [5, 5.41) is 15.6. The highest BCUT2D eigenvalue weighted by Gasteiger charge is 2.28. The normalized spacial score (nSPS) is 12.3. The summed E-state index contributed by atoms with van der Waals surface area (Å²) in [7, 11) is -6.41. The second kappa shape index (κ2) is 11.3. The van der Waals surface area contributed by atoms with Crippen LogP contribution in [0.4, 0.5) is 0 Å². The first-order valence-corrected chi connectivity index (χ1v) is 15.6.